The Hall–Kier alpha value is 0.230. The molecule has 0 fully saturated rings. The predicted octanol–water partition coefficient (Wildman–Crippen LogP) is 4.30. The van der Waals surface area contributed by atoms with Gasteiger partial charge in [0.2, 0.25) is 0 Å². The molecule has 1 aliphatic carbocycles. The van der Waals surface area contributed by atoms with E-state index in [-0.39, 0.29) is 25.8 Å². The van der Waals surface area contributed by atoms with Crippen LogP contribution in [0.25, 0.3) is 10.6 Å². The summed E-state index contributed by atoms with van der Waals surface area (Å²) >= 11 is 0. The van der Waals surface area contributed by atoms with Crippen LogP contribution in [0.1, 0.15) is 40.5 Å². The minimum atomic E-state index is 0. The van der Waals surface area contributed by atoms with Crippen molar-refractivity contribution in [3.8, 4) is 0 Å². The number of aliphatic hydroxyl groups excluding tert-OH is 1. The number of aliphatic hydroxyl groups is 1. The van der Waals surface area contributed by atoms with Crippen molar-refractivity contribution in [3.05, 3.63) is 34.9 Å². The molecule has 0 saturated heterocycles. The first-order valence-electron chi connectivity index (χ1n) is 7.48. The first-order chi connectivity index (χ1) is 9.26. The summed E-state index contributed by atoms with van der Waals surface area (Å²) in [5, 5.41) is 16.4. The van der Waals surface area contributed by atoms with E-state index in [1.54, 1.807) is 0 Å². The summed E-state index contributed by atoms with van der Waals surface area (Å²) in [7, 11) is 0. The van der Waals surface area contributed by atoms with Crippen LogP contribution in [0.3, 0.4) is 0 Å². The van der Waals surface area contributed by atoms with E-state index in [4.69, 9.17) is 5.11 Å². The average Bonchev–Trinajstić information content (AvgIpc) is 2.93. The molecular formula is C16H32HfN2O-2. The van der Waals surface area contributed by atoms with Crippen LogP contribution in [0, 0.1) is 5.92 Å². The van der Waals surface area contributed by atoms with Crippen molar-refractivity contribution in [1.29, 1.82) is 0 Å². The number of rotatable bonds is 7. The van der Waals surface area contributed by atoms with Crippen molar-refractivity contribution >= 4 is 0 Å². The fraction of sp³-hybridized carbons (Fsp3) is 0.750. The van der Waals surface area contributed by atoms with Gasteiger partial charge in [-0.3, -0.25) is 0 Å². The van der Waals surface area contributed by atoms with Crippen LogP contribution in [0.5, 0.6) is 0 Å². The summed E-state index contributed by atoms with van der Waals surface area (Å²) in [4.78, 5) is 0. The van der Waals surface area contributed by atoms with Gasteiger partial charge in [0.05, 0.1) is 0 Å². The third kappa shape index (κ3) is 23.3. The Kier molecular flexibility index (Phi) is 30.6. The van der Waals surface area contributed by atoms with Crippen molar-refractivity contribution in [3.63, 3.8) is 0 Å². The average molecular weight is 447 g/mol. The van der Waals surface area contributed by atoms with E-state index in [2.05, 4.69) is 34.9 Å². The molecule has 0 spiro atoms. The van der Waals surface area contributed by atoms with E-state index in [0.29, 0.717) is 12.5 Å². The summed E-state index contributed by atoms with van der Waals surface area (Å²) in [5.74, 6) is 0.595. The molecule has 0 amide bonds. The van der Waals surface area contributed by atoms with Gasteiger partial charge in [0.25, 0.3) is 0 Å². The molecular weight excluding hydrogens is 415 g/mol. The van der Waals surface area contributed by atoms with E-state index >= 15 is 0 Å². The zero-order chi connectivity index (χ0) is 14.8. The maximum Gasteiger partial charge on any atom is 0.0431 e. The van der Waals surface area contributed by atoms with Crippen molar-refractivity contribution in [2.75, 3.05) is 32.8 Å². The van der Waals surface area contributed by atoms with E-state index in [0.717, 1.165) is 39.0 Å². The van der Waals surface area contributed by atoms with Gasteiger partial charge in [0, 0.05) is 32.5 Å². The zero-order valence-corrected chi connectivity index (χ0v) is 17.3. The minimum Gasteiger partial charge on any atom is -0.663 e. The SMILES string of the molecule is CC[N-]CC.CC[N-]CC.OCCCC1C=CC=C1.[Hf]. The van der Waals surface area contributed by atoms with Crippen LogP contribution >= 0.6 is 0 Å². The van der Waals surface area contributed by atoms with Crippen molar-refractivity contribution in [2.24, 2.45) is 5.92 Å². The Morgan fingerprint density at radius 2 is 1.25 bits per heavy atom. The van der Waals surface area contributed by atoms with Gasteiger partial charge in [-0.2, -0.15) is 26.2 Å². The number of hydrogen-bond acceptors (Lipinski definition) is 1. The van der Waals surface area contributed by atoms with E-state index in [1.807, 2.05) is 27.7 Å². The second-order valence-corrected chi connectivity index (χ2v) is 4.01. The molecule has 20 heavy (non-hydrogen) atoms. The summed E-state index contributed by atoms with van der Waals surface area (Å²) in [6.45, 7) is 12.4. The molecule has 0 unspecified atom stereocenters. The maximum atomic E-state index is 8.48. The molecule has 0 atom stereocenters. The normalized spacial score (nSPS) is 12.1. The van der Waals surface area contributed by atoms with Crippen LogP contribution in [0.2, 0.25) is 0 Å². The smallest absolute Gasteiger partial charge is 0.0431 e. The number of allylic oxidation sites excluding steroid dienone is 4. The number of hydrogen-bond donors (Lipinski definition) is 1. The monoisotopic (exact) mass is 448 g/mol. The van der Waals surface area contributed by atoms with Crippen LogP contribution in [-0.4, -0.2) is 37.9 Å². The topological polar surface area (TPSA) is 48.4 Å². The largest absolute Gasteiger partial charge is 0.663 e. The molecule has 3 nitrogen and oxygen atoms in total. The Balaban J connectivity index is -0.000000230. The molecule has 0 saturated carbocycles. The zero-order valence-electron chi connectivity index (χ0n) is 13.7. The van der Waals surface area contributed by atoms with E-state index in [1.165, 1.54) is 0 Å². The summed E-state index contributed by atoms with van der Waals surface area (Å²) < 4.78 is 0. The fourth-order valence-electron chi connectivity index (χ4n) is 1.44. The molecule has 4 heteroatoms. The van der Waals surface area contributed by atoms with E-state index < -0.39 is 0 Å². The quantitative estimate of drug-likeness (QED) is 0.582. The summed E-state index contributed by atoms with van der Waals surface area (Å²) in [5.41, 5.74) is 0. The predicted molar refractivity (Wildman–Crippen MR) is 87.0 cm³/mol. The second-order valence-electron chi connectivity index (χ2n) is 4.01. The second kappa shape index (κ2) is 24.3. The maximum absolute atomic E-state index is 8.48. The van der Waals surface area contributed by atoms with Gasteiger partial charge in [-0.05, 0) is 18.8 Å². The molecule has 0 aliphatic heterocycles. The third-order valence-corrected chi connectivity index (χ3v) is 2.42. The molecule has 118 valence electrons. The third-order valence-electron chi connectivity index (χ3n) is 2.42. The van der Waals surface area contributed by atoms with Crippen molar-refractivity contribution in [1.82, 2.24) is 0 Å². The summed E-state index contributed by atoms with van der Waals surface area (Å²) in [6.07, 6.45) is 10.4. The molecule has 1 N–H and O–H groups in total. The Morgan fingerprint density at radius 1 is 0.850 bits per heavy atom. The molecule has 0 aromatic heterocycles. The van der Waals surface area contributed by atoms with Crippen LogP contribution < -0.4 is 0 Å². The Bertz CT molecular complexity index is 187. The molecule has 0 heterocycles. The van der Waals surface area contributed by atoms with Crippen LogP contribution in [0.15, 0.2) is 24.3 Å². The van der Waals surface area contributed by atoms with Crippen molar-refractivity contribution < 1.29 is 30.9 Å². The van der Waals surface area contributed by atoms with Gasteiger partial charge in [0.1, 0.15) is 0 Å². The van der Waals surface area contributed by atoms with Crippen LogP contribution in [-0.2, 0) is 25.8 Å². The molecule has 1 rings (SSSR count). The molecule has 1 aliphatic rings. The van der Waals surface area contributed by atoms with Gasteiger partial charge in [-0.1, -0.05) is 52.0 Å². The molecule has 0 bridgehead atoms. The fourth-order valence-corrected chi connectivity index (χ4v) is 1.44. The summed E-state index contributed by atoms with van der Waals surface area (Å²) in [6, 6.07) is 0. The van der Waals surface area contributed by atoms with Crippen molar-refractivity contribution in [2.45, 2.75) is 40.5 Å². The first kappa shape index (κ1) is 25.2. The van der Waals surface area contributed by atoms with Gasteiger partial charge in [0.15, 0.2) is 0 Å². The van der Waals surface area contributed by atoms with Gasteiger partial charge in [-0.25, -0.2) is 0 Å². The molecule has 0 aromatic rings. The van der Waals surface area contributed by atoms with Gasteiger partial charge in [-0.15, -0.1) is 0 Å². The minimum absolute atomic E-state index is 0. The van der Waals surface area contributed by atoms with E-state index in [9.17, 15) is 0 Å². The first-order valence-corrected chi connectivity index (χ1v) is 7.48. The van der Waals surface area contributed by atoms with Gasteiger partial charge < -0.3 is 15.7 Å². The van der Waals surface area contributed by atoms with Crippen LogP contribution in [0.4, 0.5) is 0 Å². The molecule has 0 aromatic carbocycles. The Labute approximate surface area is 145 Å². The standard InChI is InChI=1S/C8H12O.2C4H10N.Hf/c9-7-3-6-8-4-1-2-5-8;2*1-3-5-4-2;/h1-2,4-5,8-9H,3,6-7H2;2*3-4H2,1-2H3;/q;2*-1;. The Morgan fingerprint density at radius 3 is 1.50 bits per heavy atom. The molecule has 0 radical (unpaired) electrons. The van der Waals surface area contributed by atoms with Gasteiger partial charge >= 0.3 is 0 Å². The number of nitrogens with zero attached hydrogens (tertiary/aromatic N) is 2.